The fourth-order valence-electron chi connectivity index (χ4n) is 2.74. The van der Waals surface area contributed by atoms with E-state index >= 15 is 0 Å². The van der Waals surface area contributed by atoms with Crippen molar-refractivity contribution in [2.24, 2.45) is 0 Å². The molecule has 0 spiro atoms. The van der Waals surface area contributed by atoms with Crippen molar-refractivity contribution in [3.05, 3.63) is 71.3 Å². The number of rotatable bonds is 3. The molecule has 1 N–H and O–H groups in total. The Kier molecular flexibility index (Phi) is 4.67. The first-order chi connectivity index (χ1) is 14.6. The first kappa shape index (κ1) is 20.4. The summed E-state index contributed by atoms with van der Waals surface area (Å²) in [6.07, 6.45) is -3.08. The normalized spacial score (nSPS) is 11.8. The first-order valence-corrected chi connectivity index (χ1v) is 8.22. The monoisotopic (exact) mass is 444 g/mol. The van der Waals surface area contributed by atoms with Crippen LogP contribution in [0.3, 0.4) is 0 Å². The van der Waals surface area contributed by atoms with E-state index in [1.54, 1.807) is 5.32 Å². The van der Waals surface area contributed by atoms with E-state index in [-0.39, 0.29) is 17.5 Å². The van der Waals surface area contributed by atoms with Gasteiger partial charge in [0.25, 0.3) is 5.91 Å². The molecule has 3 aromatic heterocycles. The fraction of sp³-hybridized carbons (Fsp3) is 0.0556. The lowest BCUT2D eigenvalue weighted by Gasteiger charge is -2.11. The van der Waals surface area contributed by atoms with Crippen LogP contribution >= 0.6 is 0 Å². The number of fused-ring (bicyclic) bond motifs is 1. The van der Waals surface area contributed by atoms with Gasteiger partial charge in [-0.3, -0.25) is 4.79 Å². The van der Waals surface area contributed by atoms with E-state index in [1.807, 2.05) is 0 Å². The molecule has 1 aromatic carbocycles. The first-order valence-electron chi connectivity index (χ1n) is 8.22. The fourth-order valence-corrected chi connectivity index (χ4v) is 2.74. The van der Waals surface area contributed by atoms with Crippen molar-refractivity contribution in [2.45, 2.75) is 6.18 Å². The highest BCUT2D eigenvalue weighted by atomic mass is 19.4. The van der Waals surface area contributed by atoms with Gasteiger partial charge in [0.1, 0.15) is 16.9 Å². The van der Waals surface area contributed by atoms with Gasteiger partial charge in [0.2, 0.25) is 0 Å². The maximum atomic E-state index is 13.8. The average Bonchev–Trinajstić information content (AvgIpc) is 3.37. The van der Waals surface area contributed by atoms with Crippen LogP contribution in [0.25, 0.3) is 17.1 Å². The maximum Gasteiger partial charge on any atom is 0.433 e. The maximum absolute atomic E-state index is 13.8. The summed E-state index contributed by atoms with van der Waals surface area (Å²) >= 11 is 0. The van der Waals surface area contributed by atoms with E-state index < -0.39 is 57.9 Å². The smallest absolute Gasteiger partial charge is 0.433 e. The minimum Gasteiger partial charge on any atom is -0.463 e. The Morgan fingerprint density at radius 1 is 1.06 bits per heavy atom. The molecule has 31 heavy (non-hydrogen) atoms. The van der Waals surface area contributed by atoms with Crippen molar-refractivity contribution in [1.29, 1.82) is 0 Å². The second kappa shape index (κ2) is 7.11. The lowest BCUT2D eigenvalue weighted by atomic mass is 10.2. The summed E-state index contributed by atoms with van der Waals surface area (Å²) in [6.45, 7) is 0. The summed E-state index contributed by atoms with van der Waals surface area (Å²) in [6, 6.07) is 3.27. The number of aromatic nitrogens is 3. The molecular formula is C18H7F7N4O2. The number of hydrogen-bond acceptors (Lipinski definition) is 4. The summed E-state index contributed by atoms with van der Waals surface area (Å²) in [5, 5.41) is 5.06. The van der Waals surface area contributed by atoms with Crippen LogP contribution in [-0.2, 0) is 6.18 Å². The minimum absolute atomic E-state index is 0.0650. The highest BCUT2D eigenvalue weighted by Gasteiger charge is 2.36. The van der Waals surface area contributed by atoms with Gasteiger partial charge in [-0.1, -0.05) is 0 Å². The number of alkyl halides is 3. The highest BCUT2D eigenvalue weighted by Crippen LogP contribution is 2.33. The molecule has 0 aliphatic rings. The van der Waals surface area contributed by atoms with Gasteiger partial charge < -0.3 is 9.73 Å². The topological polar surface area (TPSA) is 72.4 Å². The number of benzene rings is 1. The summed E-state index contributed by atoms with van der Waals surface area (Å²) in [7, 11) is 0. The molecule has 0 bridgehead atoms. The zero-order valence-electron chi connectivity index (χ0n) is 14.8. The lowest BCUT2D eigenvalue weighted by molar-refractivity contribution is -0.142. The van der Waals surface area contributed by atoms with Gasteiger partial charge in [-0.15, -0.1) is 0 Å². The van der Waals surface area contributed by atoms with Crippen LogP contribution in [0.1, 0.15) is 16.1 Å². The van der Waals surface area contributed by atoms with E-state index in [1.165, 1.54) is 18.4 Å². The van der Waals surface area contributed by atoms with Crippen molar-refractivity contribution < 1.29 is 39.9 Å². The van der Waals surface area contributed by atoms with Crippen LogP contribution in [0.5, 0.6) is 0 Å². The Morgan fingerprint density at radius 3 is 2.32 bits per heavy atom. The lowest BCUT2D eigenvalue weighted by Crippen LogP contribution is -2.17. The van der Waals surface area contributed by atoms with Gasteiger partial charge in [0, 0.05) is 6.07 Å². The standard InChI is InChI=1S/C18H7F7N4O2/c19-8-4-9(20)14(22)15(13(8)21)28-17(30)7-6-26-29-12(18(23,24)25)5-10(27-16(7)29)11-2-1-3-31-11/h1-6H,(H,28,30). The van der Waals surface area contributed by atoms with Crippen molar-refractivity contribution in [3.8, 4) is 11.5 Å². The number of carbonyl (C=O) groups excluding carboxylic acids is 1. The van der Waals surface area contributed by atoms with Crippen LogP contribution in [-0.4, -0.2) is 20.5 Å². The second-order valence-electron chi connectivity index (χ2n) is 6.09. The predicted molar refractivity (Wildman–Crippen MR) is 89.9 cm³/mol. The molecule has 160 valence electrons. The molecule has 0 radical (unpaired) electrons. The number of carbonyl (C=O) groups is 1. The van der Waals surface area contributed by atoms with Gasteiger partial charge in [-0.2, -0.15) is 18.3 Å². The minimum atomic E-state index is -4.92. The third kappa shape index (κ3) is 3.47. The second-order valence-corrected chi connectivity index (χ2v) is 6.09. The summed E-state index contributed by atoms with van der Waals surface area (Å²) in [4.78, 5) is 16.4. The Hall–Kier alpha value is -3.90. The van der Waals surface area contributed by atoms with Gasteiger partial charge >= 0.3 is 6.18 Å². The van der Waals surface area contributed by atoms with E-state index in [0.717, 1.165) is 0 Å². The summed E-state index contributed by atoms with van der Waals surface area (Å²) < 4.78 is 100. The molecule has 0 unspecified atom stereocenters. The molecule has 0 fully saturated rings. The van der Waals surface area contributed by atoms with E-state index in [2.05, 4.69) is 10.1 Å². The molecule has 0 saturated carbocycles. The molecule has 6 nitrogen and oxygen atoms in total. The SMILES string of the molecule is O=C(Nc1c(F)c(F)cc(F)c1F)c1cnn2c(C(F)(F)F)cc(-c3ccco3)nc12. The van der Waals surface area contributed by atoms with Crippen molar-refractivity contribution in [1.82, 2.24) is 14.6 Å². The Labute approximate surface area is 166 Å². The number of furan rings is 1. The number of anilines is 1. The molecule has 0 aliphatic heterocycles. The van der Waals surface area contributed by atoms with Crippen molar-refractivity contribution >= 4 is 17.2 Å². The number of amides is 1. The summed E-state index contributed by atoms with van der Waals surface area (Å²) in [5.74, 6) is -8.84. The van der Waals surface area contributed by atoms with Crippen LogP contribution in [0.2, 0.25) is 0 Å². The molecule has 1 amide bonds. The zero-order chi connectivity index (χ0) is 22.5. The van der Waals surface area contributed by atoms with Gasteiger partial charge in [0.05, 0.1) is 12.5 Å². The van der Waals surface area contributed by atoms with Gasteiger partial charge in [-0.05, 0) is 18.2 Å². The Balaban J connectivity index is 1.86. The Bertz CT molecular complexity index is 1290. The van der Waals surface area contributed by atoms with Gasteiger partial charge in [-0.25, -0.2) is 27.1 Å². The largest absolute Gasteiger partial charge is 0.463 e. The Morgan fingerprint density at radius 2 is 1.74 bits per heavy atom. The number of halogens is 7. The molecule has 0 saturated heterocycles. The van der Waals surface area contributed by atoms with Crippen LogP contribution in [0.4, 0.5) is 36.4 Å². The molecule has 0 atom stereocenters. The molecule has 0 aliphatic carbocycles. The third-order valence-electron chi connectivity index (χ3n) is 4.13. The molecule has 4 rings (SSSR count). The summed E-state index contributed by atoms with van der Waals surface area (Å²) in [5.41, 5.74) is -4.38. The van der Waals surface area contributed by atoms with E-state index in [4.69, 9.17) is 4.42 Å². The predicted octanol–water partition coefficient (Wildman–Crippen LogP) is 4.82. The number of nitrogens with zero attached hydrogens (tertiary/aromatic N) is 3. The number of nitrogens with one attached hydrogen (secondary N) is 1. The van der Waals surface area contributed by atoms with Crippen molar-refractivity contribution in [3.63, 3.8) is 0 Å². The van der Waals surface area contributed by atoms with Crippen LogP contribution in [0, 0.1) is 23.3 Å². The quantitative estimate of drug-likeness (QED) is 0.364. The van der Waals surface area contributed by atoms with Crippen molar-refractivity contribution in [2.75, 3.05) is 5.32 Å². The average molecular weight is 444 g/mol. The van der Waals surface area contributed by atoms with E-state index in [9.17, 15) is 35.5 Å². The van der Waals surface area contributed by atoms with Gasteiger partial charge in [0.15, 0.2) is 40.4 Å². The molecule has 3 heterocycles. The highest BCUT2D eigenvalue weighted by molar-refractivity contribution is 6.08. The molecule has 13 heteroatoms. The van der Waals surface area contributed by atoms with Crippen LogP contribution in [0.15, 0.2) is 41.1 Å². The zero-order valence-corrected chi connectivity index (χ0v) is 14.8. The number of hydrogen-bond donors (Lipinski definition) is 1. The van der Waals surface area contributed by atoms with Crippen LogP contribution < -0.4 is 5.32 Å². The third-order valence-corrected chi connectivity index (χ3v) is 4.13. The molecule has 4 aromatic rings. The van der Waals surface area contributed by atoms with E-state index in [0.29, 0.717) is 16.8 Å². The molecular weight excluding hydrogens is 437 g/mol.